The summed E-state index contributed by atoms with van der Waals surface area (Å²) in [5.41, 5.74) is -0.477. The Hall–Kier alpha value is -0.210. The normalized spacial score (nSPS) is 16.1. The summed E-state index contributed by atoms with van der Waals surface area (Å²) < 4.78 is 38.6. The molecule has 0 spiro atoms. The number of halogens is 3. The van der Waals surface area contributed by atoms with Crippen LogP contribution in [-0.4, -0.2) is 6.18 Å². The molecule has 0 fully saturated rings. The largest absolute Gasteiger partial charge is 0.392 e. The summed E-state index contributed by atoms with van der Waals surface area (Å²) in [4.78, 5) is 0. The third kappa shape index (κ3) is 7.67. The van der Waals surface area contributed by atoms with Gasteiger partial charge in [0.15, 0.2) is 0 Å². The van der Waals surface area contributed by atoms with Gasteiger partial charge in [0.25, 0.3) is 0 Å². The Morgan fingerprint density at radius 2 is 1.29 bits per heavy atom. The third-order valence-corrected chi connectivity index (χ3v) is 3.11. The molecule has 17 heavy (non-hydrogen) atoms. The molecule has 0 radical (unpaired) electrons. The molecule has 0 amide bonds. The van der Waals surface area contributed by atoms with E-state index in [9.17, 15) is 13.2 Å². The van der Waals surface area contributed by atoms with Gasteiger partial charge in [0.1, 0.15) is 0 Å². The summed E-state index contributed by atoms with van der Waals surface area (Å²) in [7, 11) is 0. The van der Waals surface area contributed by atoms with Crippen LogP contribution in [0.2, 0.25) is 0 Å². The van der Waals surface area contributed by atoms with Crippen molar-refractivity contribution < 1.29 is 13.2 Å². The molecular formula is C14H27F3. The van der Waals surface area contributed by atoms with Crippen LogP contribution in [0.3, 0.4) is 0 Å². The second kappa shape index (κ2) is 5.62. The highest BCUT2D eigenvalue weighted by molar-refractivity contribution is 4.80. The minimum Gasteiger partial charge on any atom is -0.171 e. The van der Waals surface area contributed by atoms with Crippen molar-refractivity contribution in [3.63, 3.8) is 0 Å². The lowest BCUT2D eigenvalue weighted by Gasteiger charge is -2.32. The van der Waals surface area contributed by atoms with Crippen LogP contribution in [0.1, 0.15) is 67.2 Å². The molecule has 0 unspecified atom stereocenters. The summed E-state index contributed by atoms with van der Waals surface area (Å²) in [5, 5.41) is 0. The molecule has 0 aliphatic heterocycles. The Bertz CT molecular complexity index is 201. The first-order valence-electron chi connectivity index (χ1n) is 6.41. The number of hydrogen-bond donors (Lipinski definition) is 0. The number of rotatable bonds is 4. The van der Waals surface area contributed by atoms with Gasteiger partial charge in [-0.15, -0.1) is 0 Å². The van der Waals surface area contributed by atoms with Crippen molar-refractivity contribution in [2.75, 3.05) is 0 Å². The predicted octanol–water partition coefficient (Wildman–Crippen LogP) is 5.82. The highest BCUT2D eigenvalue weighted by Gasteiger charge is 2.45. The van der Waals surface area contributed by atoms with Crippen LogP contribution in [0.25, 0.3) is 0 Å². The van der Waals surface area contributed by atoms with Crippen LogP contribution in [0, 0.1) is 16.7 Å². The van der Waals surface area contributed by atoms with E-state index in [0.717, 1.165) is 12.8 Å². The zero-order valence-corrected chi connectivity index (χ0v) is 12.0. The summed E-state index contributed by atoms with van der Waals surface area (Å²) in [5.74, 6) is -1.19. The van der Waals surface area contributed by atoms with E-state index in [2.05, 4.69) is 20.8 Å². The molecule has 0 N–H and O–H groups in total. The van der Waals surface area contributed by atoms with Crippen molar-refractivity contribution in [2.24, 2.45) is 16.7 Å². The number of unbranched alkanes of at least 4 members (excludes halogenated alkanes) is 1. The Balaban J connectivity index is 4.22. The van der Waals surface area contributed by atoms with Crippen molar-refractivity contribution in [3.05, 3.63) is 0 Å². The zero-order chi connectivity index (χ0) is 13.9. The maximum atomic E-state index is 12.9. The Morgan fingerprint density at radius 3 is 1.59 bits per heavy atom. The Morgan fingerprint density at radius 1 is 0.824 bits per heavy atom. The van der Waals surface area contributed by atoms with Gasteiger partial charge in [-0.05, 0) is 23.7 Å². The molecule has 1 atom stereocenters. The van der Waals surface area contributed by atoms with Gasteiger partial charge in [0.05, 0.1) is 5.92 Å². The smallest absolute Gasteiger partial charge is 0.171 e. The van der Waals surface area contributed by atoms with Crippen LogP contribution >= 0.6 is 0 Å². The molecule has 0 aromatic heterocycles. The SMILES string of the molecule is CC(C)(C)CCCC[C@@H](C(C)(C)C)C(F)(F)F. The summed E-state index contributed by atoms with van der Waals surface area (Å²) in [6, 6.07) is 0. The van der Waals surface area contributed by atoms with E-state index in [1.54, 1.807) is 20.8 Å². The minimum atomic E-state index is -4.07. The lowest BCUT2D eigenvalue weighted by Crippen LogP contribution is -2.34. The lowest BCUT2D eigenvalue weighted by atomic mass is 9.77. The quantitative estimate of drug-likeness (QED) is 0.553. The first-order chi connectivity index (χ1) is 7.34. The van der Waals surface area contributed by atoms with Gasteiger partial charge in [-0.2, -0.15) is 13.2 Å². The van der Waals surface area contributed by atoms with Crippen LogP contribution in [0.4, 0.5) is 13.2 Å². The van der Waals surface area contributed by atoms with Crippen LogP contribution in [0.5, 0.6) is 0 Å². The Labute approximate surface area is 104 Å². The zero-order valence-electron chi connectivity index (χ0n) is 12.0. The van der Waals surface area contributed by atoms with Gasteiger partial charge in [-0.25, -0.2) is 0 Å². The second-order valence-electron chi connectivity index (χ2n) is 7.27. The second-order valence-corrected chi connectivity index (χ2v) is 7.27. The summed E-state index contributed by atoms with van der Waals surface area (Å²) in [6.45, 7) is 11.4. The lowest BCUT2D eigenvalue weighted by molar-refractivity contribution is -0.202. The molecule has 0 aliphatic carbocycles. The average Bonchev–Trinajstić information content (AvgIpc) is 1.95. The first kappa shape index (κ1) is 16.8. The van der Waals surface area contributed by atoms with E-state index in [4.69, 9.17) is 0 Å². The van der Waals surface area contributed by atoms with Crippen molar-refractivity contribution in [1.29, 1.82) is 0 Å². The molecule has 0 saturated heterocycles. The fourth-order valence-corrected chi connectivity index (χ4v) is 2.09. The molecule has 0 nitrogen and oxygen atoms in total. The average molecular weight is 252 g/mol. The van der Waals surface area contributed by atoms with Gasteiger partial charge in [0.2, 0.25) is 0 Å². The fourth-order valence-electron chi connectivity index (χ4n) is 2.09. The molecule has 3 heteroatoms. The van der Waals surface area contributed by atoms with Crippen molar-refractivity contribution in [3.8, 4) is 0 Å². The molecule has 0 saturated carbocycles. The monoisotopic (exact) mass is 252 g/mol. The maximum absolute atomic E-state index is 12.9. The number of hydrogen-bond acceptors (Lipinski definition) is 0. The summed E-state index contributed by atoms with van der Waals surface area (Å²) >= 11 is 0. The van der Waals surface area contributed by atoms with Crippen molar-refractivity contribution >= 4 is 0 Å². The van der Waals surface area contributed by atoms with E-state index in [1.165, 1.54) is 0 Å². The van der Waals surface area contributed by atoms with E-state index in [1.807, 2.05) is 0 Å². The molecule has 0 bridgehead atoms. The van der Waals surface area contributed by atoms with Crippen LogP contribution in [0.15, 0.2) is 0 Å². The van der Waals surface area contributed by atoms with Gasteiger partial charge < -0.3 is 0 Å². The molecule has 0 aromatic rings. The van der Waals surface area contributed by atoms with E-state index in [-0.39, 0.29) is 11.8 Å². The fraction of sp³-hybridized carbons (Fsp3) is 1.00. The molecular weight excluding hydrogens is 225 g/mol. The minimum absolute atomic E-state index is 0.218. The maximum Gasteiger partial charge on any atom is 0.392 e. The van der Waals surface area contributed by atoms with Gasteiger partial charge in [0, 0.05) is 0 Å². The highest BCUT2D eigenvalue weighted by Crippen LogP contribution is 2.42. The van der Waals surface area contributed by atoms with E-state index >= 15 is 0 Å². The highest BCUT2D eigenvalue weighted by atomic mass is 19.4. The van der Waals surface area contributed by atoms with Crippen molar-refractivity contribution in [2.45, 2.75) is 73.4 Å². The molecule has 0 heterocycles. The number of alkyl halides is 3. The molecule has 0 aromatic carbocycles. The molecule has 0 rings (SSSR count). The molecule has 104 valence electrons. The van der Waals surface area contributed by atoms with Gasteiger partial charge in [-0.1, -0.05) is 54.4 Å². The van der Waals surface area contributed by atoms with Crippen LogP contribution in [-0.2, 0) is 0 Å². The van der Waals surface area contributed by atoms with Crippen LogP contribution < -0.4 is 0 Å². The Kier molecular flexibility index (Phi) is 5.55. The standard InChI is InChI=1S/C14H27F3/c1-12(2,3)10-8-7-9-11(13(4,5)6)14(15,16)17/h11H,7-10H2,1-6H3/t11-/m0/s1. The van der Waals surface area contributed by atoms with Gasteiger partial charge >= 0.3 is 6.18 Å². The summed E-state index contributed by atoms with van der Waals surface area (Å²) in [6.07, 6.45) is -1.28. The van der Waals surface area contributed by atoms with Gasteiger partial charge in [-0.3, -0.25) is 0 Å². The first-order valence-corrected chi connectivity index (χ1v) is 6.41. The predicted molar refractivity (Wildman–Crippen MR) is 66.9 cm³/mol. The van der Waals surface area contributed by atoms with E-state index in [0.29, 0.717) is 6.42 Å². The van der Waals surface area contributed by atoms with Crippen molar-refractivity contribution in [1.82, 2.24) is 0 Å². The molecule has 0 aliphatic rings. The topological polar surface area (TPSA) is 0 Å². The van der Waals surface area contributed by atoms with E-state index < -0.39 is 17.5 Å². The third-order valence-electron chi connectivity index (χ3n) is 3.11.